The Kier molecular flexibility index (Phi) is 4.52. The number of nitrogens with one attached hydrogen (secondary N) is 2. The predicted octanol–water partition coefficient (Wildman–Crippen LogP) is 3.03. The number of hydrogen-bond donors (Lipinski definition) is 2. The molecule has 2 N–H and O–H groups in total. The van der Waals surface area contributed by atoms with E-state index in [0.717, 1.165) is 31.4 Å². The van der Waals surface area contributed by atoms with Gasteiger partial charge in [0.2, 0.25) is 11.8 Å². The molecular weight excluding hydrogens is 316 g/mol. The van der Waals surface area contributed by atoms with Gasteiger partial charge in [0.1, 0.15) is 5.54 Å². The molecule has 1 aliphatic carbocycles. The molecule has 1 heterocycles. The Morgan fingerprint density at radius 3 is 2.74 bits per heavy atom. The second kappa shape index (κ2) is 6.58. The number of hydrogen-bond acceptors (Lipinski definition) is 5. The zero-order valence-corrected chi connectivity index (χ0v) is 13.7. The van der Waals surface area contributed by atoms with Crippen molar-refractivity contribution in [2.45, 2.75) is 38.1 Å². The van der Waals surface area contributed by atoms with Gasteiger partial charge in [0.25, 0.3) is 0 Å². The first kappa shape index (κ1) is 15.8. The maximum absolute atomic E-state index is 12.4. The highest BCUT2D eigenvalue weighted by atomic mass is 35.5. The molecule has 0 aliphatic heterocycles. The molecule has 0 bridgehead atoms. The molecule has 3 rings (SSSR count). The smallest absolute Gasteiger partial charge is 0.240 e. The molecule has 0 saturated heterocycles. The van der Waals surface area contributed by atoms with Crippen molar-refractivity contribution in [3.8, 4) is 0 Å². The Morgan fingerprint density at radius 1 is 1.35 bits per heavy atom. The number of aryl methyl sites for hydroxylation is 1. The van der Waals surface area contributed by atoms with Crippen molar-refractivity contribution in [2.24, 2.45) is 0 Å². The Hall–Kier alpha value is -2.08. The minimum atomic E-state index is -0.517. The number of carbonyl (C=O) groups is 1. The first-order chi connectivity index (χ1) is 11.1. The van der Waals surface area contributed by atoms with Crippen molar-refractivity contribution >= 4 is 23.2 Å². The number of carbonyl (C=O) groups excluding carboxylic acids is 1. The molecule has 122 valence electrons. The number of para-hydroxylation sites is 1. The summed E-state index contributed by atoms with van der Waals surface area (Å²) in [5, 5.41) is 10.7. The summed E-state index contributed by atoms with van der Waals surface area (Å²) in [7, 11) is 0. The molecule has 1 fully saturated rings. The molecule has 1 amide bonds. The lowest BCUT2D eigenvalue weighted by Crippen LogP contribution is -2.46. The third-order valence-electron chi connectivity index (χ3n) is 4.10. The van der Waals surface area contributed by atoms with Crippen LogP contribution in [0.25, 0.3) is 0 Å². The zero-order chi connectivity index (χ0) is 16.3. The van der Waals surface area contributed by atoms with Gasteiger partial charge in [-0.1, -0.05) is 41.7 Å². The molecule has 1 aliphatic rings. The van der Waals surface area contributed by atoms with Crippen LogP contribution in [0.2, 0.25) is 5.02 Å². The highest BCUT2D eigenvalue weighted by Crippen LogP contribution is 2.37. The Balaban J connectivity index is 1.66. The predicted molar refractivity (Wildman–Crippen MR) is 87.3 cm³/mol. The fraction of sp³-hybridized carbons (Fsp3) is 0.438. The topological polar surface area (TPSA) is 80.0 Å². The van der Waals surface area contributed by atoms with Crippen molar-refractivity contribution in [2.75, 3.05) is 11.9 Å². The zero-order valence-electron chi connectivity index (χ0n) is 12.9. The Morgan fingerprint density at radius 2 is 2.09 bits per heavy atom. The Labute approximate surface area is 139 Å². The molecule has 0 unspecified atom stereocenters. The van der Waals surface area contributed by atoms with Crippen LogP contribution in [0.4, 0.5) is 5.69 Å². The van der Waals surface area contributed by atoms with E-state index in [4.69, 9.17) is 16.1 Å². The number of halogens is 1. The minimum Gasteiger partial charge on any atom is -0.375 e. The van der Waals surface area contributed by atoms with Crippen LogP contribution in [0.1, 0.15) is 37.4 Å². The van der Waals surface area contributed by atoms with E-state index < -0.39 is 5.54 Å². The van der Waals surface area contributed by atoms with Gasteiger partial charge in [0.05, 0.1) is 17.3 Å². The number of nitrogens with zero attached hydrogens (tertiary/aromatic N) is 2. The van der Waals surface area contributed by atoms with Crippen LogP contribution >= 0.6 is 11.6 Å². The molecular formula is C16H19ClN4O2. The average Bonchev–Trinajstić information content (AvgIpc) is 3.16. The van der Waals surface area contributed by atoms with E-state index in [0.29, 0.717) is 16.7 Å². The summed E-state index contributed by atoms with van der Waals surface area (Å²) in [4.78, 5) is 16.7. The van der Waals surface area contributed by atoms with E-state index in [2.05, 4.69) is 20.8 Å². The van der Waals surface area contributed by atoms with Gasteiger partial charge >= 0.3 is 0 Å². The summed E-state index contributed by atoms with van der Waals surface area (Å²) in [5.41, 5.74) is 0.219. The summed E-state index contributed by atoms with van der Waals surface area (Å²) < 4.78 is 5.08. The summed E-state index contributed by atoms with van der Waals surface area (Å²) in [6, 6.07) is 7.33. The fourth-order valence-corrected chi connectivity index (χ4v) is 3.17. The maximum atomic E-state index is 12.4. The molecule has 1 aromatic heterocycles. The molecule has 1 saturated carbocycles. The highest BCUT2D eigenvalue weighted by molar-refractivity contribution is 6.33. The SMILES string of the molecule is Cc1nc(C2(NC(=O)CNc3ccccc3Cl)CCCC2)no1. The molecule has 6 nitrogen and oxygen atoms in total. The van der Waals surface area contributed by atoms with E-state index >= 15 is 0 Å². The van der Waals surface area contributed by atoms with Gasteiger partial charge < -0.3 is 15.2 Å². The summed E-state index contributed by atoms with van der Waals surface area (Å²) in [5.74, 6) is 0.961. The normalized spacial score (nSPS) is 16.3. The third-order valence-corrected chi connectivity index (χ3v) is 4.43. The number of aromatic nitrogens is 2. The van der Waals surface area contributed by atoms with Crippen LogP contribution in [0.3, 0.4) is 0 Å². The number of benzene rings is 1. The van der Waals surface area contributed by atoms with Gasteiger partial charge in [-0.2, -0.15) is 4.98 Å². The highest BCUT2D eigenvalue weighted by Gasteiger charge is 2.41. The number of rotatable bonds is 5. The first-order valence-electron chi connectivity index (χ1n) is 7.69. The van der Waals surface area contributed by atoms with Crippen LogP contribution < -0.4 is 10.6 Å². The Bertz CT molecular complexity index is 695. The third kappa shape index (κ3) is 3.47. The molecule has 0 radical (unpaired) electrons. The number of amides is 1. The standard InChI is InChI=1S/C16H19ClN4O2/c1-11-19-15(21-23-11)16(8-4-5-9-16)20-14(22)10-18-13-7-3-2-6-12(13)17/h2-3,6-7,18H,4-5,8-10H2,1H3,(H,20,22). The average molecular weight is 335 g/mol. The second-order valence-electron chi connectivity index (χ2n) is 5.81. The van der Waals surface area contributed by atoms with Gasteiger partial charge in [-0.15, -0.1) is 0 Å². The lowest BCUT2D eigenvalue weighted by Gasteiger charge is -2.27. The van der Waals surface area contributed by atoms with Gasteiger partial charge in [-0.05, 0) is 25.0 Å². The van der Waals surface area contributed by atoms with Crippen molar-refractivity contribution in [1.29, 1.82) is 0 Å². The maximum Gasteiger partial charge on any atom is 0.240 e. The van der Waals surface area contributed by atoms with E-state index in [1.165, 1.54) is 0 Å². The summed E-state index contributed by atoms with van der Waals surface area (Å²) >= 11 is 6.08. The largest absolute Gasteiger partial charge is 0.375 e. The molecule has 0 atom stereocenters. The van der Waals surface area contributed by atoms with Crippen LogP contribution in [-0.2, 0) is 10.3 Å². The van der Waals surface area contributed by atoms with Crippen LogP contribution in [0.5, 0.6) is 0 Å². The monoisotopic (exact) mass is 334 g/mol. The summed E-state index contributed by atoms with van der Waals surface area (Å²) in [6.07, 6.45) is 3.71. The quantitative estimate of drug-likeness (QED) is 0.878. The van der Waals surface area contributed by atoms with E-state index in [1.54, 1.807) is 13.0 Å². The fourth-order valence-electron chi connectivity index (χ4n) is 2.97. The van der Waals surface area contributed by atoms with Gasteiger partial charge in [0, 0.05) is 6.92 Å². The van der Waals surface area contributed by atoms with Crippen molar-refractivity contribution in [1.82, 2.24) is 15.5 Å². The molecule has 7 heteroatoms. The van der Waals surface area contributed by atoms with Crippen LogP contribution in [0, 0.1) is 6.92 Å². The van der Waals surface area contributed by atoms with E-state index in [1.807, 2.05) is 18.2 Å². The van der Waals surface area contributed by atoms with Crippen LogP contribution in [0.15, 0.2) is 28.8 Å². The molecule has 1 aromatic carbocycles. The molecule has 2 aromatic rings. The summed E-state index contributed by atoms with van der Waals surface area (Å²) in [6.45, 7) is 1.89. The molecule has 0 spiro atoms. The minimum absolute atomic E-state index is 0.116. The lowest BCUT2D eigenvalue weighted by atomic mass is 9.96. The molecule has 23 heavy (non-hydrogen) atoms. The van der Waals surface area contributed by atoms with E-state index in [9.17, 15) is 4.79 Å². The second-order valence-corrected chi connectivity index (χ2v) is 6.21. The van der Waals surface area contributed by atoms with Gasteiger partial charge in [0.15, 0.2) is 5.82 Å². The van der Waals surface area contributed by atoms with Crippen LogP contribution in [-0.4, -0.2) is 22.6 Å². The first-order valence-corrected chi connectivity index (χ1v) is 8.07. The van der Waals surface area contributed by atoms with Crippen molar-refractivity contribution in [3.05, 3.63) is 41.0 Å². The van der Waals surface area contributed by atoms with Gasteiger partial charge in [-0.25, -0.2) is 0 Å². The van der Waals surface area contributed by atoms with Gasteiger partial charge in [-0.3, -0.25) is 4.79 Å². The van der Waals surface area contributed by atoms with E-state index in [-0.39, 0.29) is 12.5 Å². The lowest BCUT2D eigenvalue weighted by molar-refractivity contribution is -0.121. The van der Waals surface area contributed by atoms with Crippen molar-refractivity contribution < 1.29 is 9.32 Å². The number of anilines is 1. The van der Waals surface area contributed by atoms with Crippen molar-refractivity contribution in [3.63, 3.8) is 0 Å².